The molecule has 0 saturated heterocycles. The molecule has 1 aliphatic rings. The summed E-state index contributed by atoms with van der Waals surface area (Å²) in [4.78, 5) is 4.47. The van der Waals surface area contributed by atoms with E-state index in [-0.39, 0.29) is 6.10 Å². The summed E-state index contributed by atoms with van der Waals surface area (Å²) in [6.07, 6.45) is -0.119. The summed E-state index contributed by atoms with van der Waals surface area (Å²) in [6, 6.07) is 15.0. The first-order valence-electron chi connectivity index (χ1n) is 8.99. The molecule has 1 aliphatic heterocycles. The first-order valence-corrected chi connectivity index (χ1v) is 9.37. The minimum atomic E-state index is -0.119. The van der Waals surface area contributed by atoms with Crippen molar-refractivity contribution in [1.82, 2.24) is 25.1 Å². The topological polar surface area (TPSA) is 88.1 Å². The predicted molar refractivity (Wildman–Crippen MR) is 104 cm³/mol. The van der Waals surface area contributed by atoms with Crippen molar-refractivity contribution >= 4 is 11.6 Å². The van der Waals surface area contributed by atoms with E-state index < -0.39 is 0 Å². The fraction of sp³-hybridized carbons (Fsp3) is 0.200. The summed E-state index contributed by atoms with van der Waals surface area (Å²) < 4.78 is 18.5. The van der Waals surface area contributed by atoms with Crippen molar-refractivity contribution in [2.75, 3.05) is 7.11 Å². The molecule has 1 unspecified atom stereocenters. The van der Waals surface area contributed by atoms with E-state index in [1.807, 2.05) is 53.2 Å². The normalized spacial score (nSPS) is 15.9. The van der Waals surface area contributed by atoms with Crippen molar-refractivity contribution in [2.24, 2.45) is 0 Å². The molecule has 29 heavy (non-hydrogen) atoms. The standard InChI is InChI=1S/C20H16ClN5O3/c1-27-15-4-2-3-13(9-15)20-22-19(24-29-20)18-16-11-28-17(10-26(16)25-23-18)12-5-7-14(21)8-6-12/h2-9,17H,10-11H2,1H3. The molecular weight excluding hydrogens is 394 g/mol. The fourth-order valence-corrected chi connectivity index (χ4v) is 3.38. The van der Waals surface area contributed by atoms with Crippen molar-refractivity contribution in [2.45, 2.75) is 19.3 Å². The van der Waals surface area contributed by atoms with Gasteiger partial charge in [-0.3, -0.25) is 0 Å². The Bertz CT molecular complexity index is 1160. The van der Waals surface area contributed by atoms with Gasteiger partial charge >= 0.3 is 0 Å². The molecule has 0 amide bonds. The molecule has 0 aliphatic carbocycles. The number of methoxy groups -OCH3 is 1. The van der Waals surface area contributed by atoms with Crippen LogP contribution in [-0.2, 0) is 17.9 Å². The van der Waals surface area contributed by atoms with Gasteiger partial charge in [-0.25, -0.2) is 4.68 Å². The second-order valence-corrected chi connectivity index (χ2v) is 7.01. The molecule has 0 spiro atoms. The first-order chi connectivity index (χ1) is 14.2. The number of nitrogens with zero attached hydrogens (tertiary/aromatic N) is 5. The van der Waals surface area contributed by atoms with Gasteiger partial charge in [0, 0.05) is 10.6 Å². The zero-order valence-corrected chi connectivity index (χ0v) is 16.2. The van der Waals surface area contributed by atoms with Gasteiger partial charge in [0.2, 0.25) is 5.82 Å². The SMILES string of the molecule is COc1cccc(-c2nc(-c3nnn4c3COC(c3ccc(Cl)cc3)C4)no2)c1. The fourth-order valence-electron chi connectivity index (χ4n) is 3.26. The van der Waals surface area contributed by atoms with Gasteiger partial charge in [-0.2, -0.15) is 4.98 Å². The number of ether oxygens (including phenoxy) is 2. The molecule has 0 bridgehead atoms. The Morgan fingerprint density at radius 2 is 2.03 bits per heavy atom. The Kier molecular flexibility index (Phi) is 4.49. The van der Waals surface area contributed by atoms with Gasteiger partial charge in [-0.05, 0) is 35.9 Å². The van der Waals surface area contributed by atoms with Crippen LogP contribution in [-0.4, -0.2) is 32.2 Å². The van der Waals surface area contributed by atoms with Crippen LogP contribution in [0.2, 0.25) is 5.02 Å². The van der Waals surface area contributed by atoms with Crippen molar-refractivity contribution in [1.29, 1.82) is 0 Å². The van der Waals surface area contributed by atoms with Gasteiger partial charge in [-0.15, -0.1) is 5.10 Å². The third kappa shape index (κ3) is 3.37. The molecule has 0 saturated carbocycles. The maximum atomic E-state index is 6.03. The molecule has 5 rings (SSSR count). The van der Waals surface area contributed by atoms with Crippen molar-refractivity contribution in [3.8, 4) is 28.7 Å². The molecule has 4 aromatic rings. The smallest absolute Gasteiger partial charge is 0.258 e. The summed E-state index contributed by atoms with van der Waals surface area (Å²) in [6.45, 7) is 0.892. The van der Waals surface area contributed by atoms with Crippen LogP contribution < -0.4 is 4.74 Å². The molecule has 146 valence electrons. The maximum Gasteiger partial charge on any atom is 0.258 e. The Morgan fingerprint density at radius 1 is 1.17 bits per heavy atom. The van der Waals surface area contributed by atoms with Gasteiger partial charge < -0.3 is 14.0 Å². The van der Waals surface area contributed by atoms with Crippen LogP contribution in [0, 0.1) is 0 Å². The predicted octanol–water partition coefficient (Wildman–Crippen LogP) is 3.93. The van der Waals surface area contributed by atoms with E-state index >= 15 is 0 Å². The number of halogens is 1. The molecule has 1 atom stereocenters. The Labute approximate surface area is 171 Å². The molecule has 2 aromatic carbocycles. The van der Waals surface area contributed by atoms with Crippen LogP contribution >= 0.6 is 11.6 Å². The number of fused-ring (bicyclic) bond motifs is 1. The lowest BCUT2D eigenvalue weighted by molar-refractivity contribution is -0.00111. The van der Waals surface area contributed by atoms with E-state index in [4.69, 9.17) is 25.6 Å². The van der Waals surface area contributed by atoms with Crippen molar-refractivity contribution < 1.29 is 14.0 Å². The van der Waals surface area contributed by atoms with E-state index in [9.17, 15) is 0 Å². The van der Waals surface area contributed by atoms with Gasteiger partial charge in [0.05, 0.1) is 26.0 Å². The Morgan fingerprint density at radius 3 is 2.86 bits per heavy atom. The molecule has 8 nitrogen and oxygen atoms in total. The highest BCUT2D eigenvalue weighted by atomic mass is 35.5. The second kappa shape index (κ2) is 7.31. The lowest BCUT2D eigenvalue weighted by Gasteiger charge is -2.24. The van der Waals surface area contributed by atoms with Crippen molar-refractivity contribution in [3.05, 3.63) is 64.8 Å². The molecular formula is C20H16ClN5O3. The molecule has 0 radical (unpaired) electrons. The van der Waals surface area contributed by atoms with Gasteiger partial charge in [-0.1, -0.05) is 40.2 Å². The summed E-state index contributed by atoms with van der Waals surface area (Å²) in [5.74, 6) is 1.47. The van der Waals surface area contributed by atoms with Gasteiger partial charge in [0.25, 0.3) is 5.89 Å². The van der Waals surface area contributed by atoms with E-state index in [2.05, 4.69) is 20.5 Å². The van der Waals surface area contributed by atoms with E-state index in [1.54, 1.807) is 7.11 Å². The quantitative estimate of drug-likeness (QED) is 0.504. The number of rotatable bonds is 4. The van der Waals surface area contributed by atoms with E-state index in [0.29, 0.717) is 41.3 Å². The van der Waals surface area contributed by atoms with Crippen LogP contribution in [0.5, 0.6) is 5.75 Å². The molecule has 0 N–H and O–H groups in total. The second-order valence-electron chi connectivity index (χ2n) is 6.57. The molecule has 3 heterocycles. The highest BCUT2D eigenvalue weighted by Gasteiger charge is 2.27. The van der Waals surface area contributed by atoms with E-state index in [0.717, 1.165) is 16.8 Å². The summed E-state index contributed by atoms with van der Waals surface area (Å²) >= 11 is 5.97. The molecule has 9 heteroatoms. The highest BCUT2D eigenvalue weighted by Crippen LogP contribution is 2.31. The number of aromatic nitrogens is 5. The lowest BCUT2D eigenvalue weighted by atomic mass is 10.1. The van der Waals surface area contributed by atoms with Crippen LogP contribution in [0.3, 0.4) is 0 Å². The lowest BCUT2D eigenvalue weighted by Crippen LogP contribution is -2.22. The van der Waals surface area contributed by atoms with Gasteiger partial charge in [0.1, 0.15) is 11.9 Å². The highest BCUT2D eigenvalue weighted by molar-refractivity contribution is 6.30. The average molecular weight is 410 g/mol. The Hall–Kier alpha value is -3.23. The summed E-state index contributed by atoms with van der Waals surface area (Å²) in [5, 5.41) is 13.3. The zero-order valence-electron chi connectivity index (χ0n) is 15.4. The maximum absolute atomic E-state index is 6.03. The average Bonchev–Trinajstić information content (AvgIpc) is 3.41. The third-order valence-electron chi connectivity index (χ3n) is 4.79. The molecule has 2 aromatic heterocycles. The van der Waals surface area contributed by atoms with E-state index in [1.165, 1.54) is 0 Å². The van der Waals surface area contributed by atoms with Crippen LogP contribution in [0.15, 0.2) is 53.1 Å². The Balaban J connectivity index is 1.40. The number of hydrogen-bond acceptors (Lipinski definition) is 7. The number of benzene rings is 2. The van der Waals surface area contributed by atoms with Crippen LogP contribution in [0.1, 0.15) is 17.4 Å². The van der Waals surface area contributed by atoms with Gasteiger partial charge in [0.15, 0.2) is 5.69 Å². The number of hydrogen-bond donors (Lipinski definition) is 0. The largest absolute Gasteiger partial charge is 0.497 e. The minimum absolute atomic E-state index is 0.119. The summed E-state index contributed by atoms with van der Waals surface area (Å²) in [7, 11) is 1.61. The van der Waals surface area contributed by atoms with Crippen LogP contribution in [0.4, 0.5) is 0 Å². The first kappa shape index (κ1) is 17.8. The zero-order chi connectivity index (χ0) is 19.8. The minimum Gasteiger partial charge on any atom is -0.497 e. The molecule has 0 fully saturated rings. The third-order valence-corrected chi connectivity index (χ3v) is 5.05. The van der Waals surface area contributed by atoms with Crippen LogP contribution in [0.25, 0.3) is 23.0 Å². The van der Waals surface area contributed by atoms with Crippen molar-refractivity contribution in [3.63, 3.8) is 0 Å². The summed E-state index contributed by atoms with van der Waals surface area (Å²) in [5.41, 5.74) is 3.17. The monoisotopic (exact) mass is 409 g/mol.